The maximum Gasteiger partial charge on any atom is 0.488 e. The van der Waals surface area contributed by atoms with Gasteiger partial charge < -0.3 is 15.2 Å². The molecular weight excluding hydrogens is 223 g/mol. The Morgan fingerprint density at radius 2 is 2.12 bits per heavy atom. The lowest BCUT2D eigenvalue weighted by molar-refractivity contribution is 0.425. The number of rotatable bonds is 3. The van der Waals surface area contributed by atoms with Crippen LogP contribution in [-0.2, 0) is 6.54 Å². The fourth-order valence-electron chi connectivity index (χ4n) is 1.59. The first-order chi connectivity index (χ1) is 8.06. The first-order valence-corrected chi connectivity index (χ1v) is 4.99. The molecule has 4 N–H and O–H groups in total. The number of hydrogen-bond donors (Lipinski definition) is 4. The molecule has 0 saturated heterocycles. The number of benzene rings is 1. The first kappa shape index (κ1) is 11.5. The Morgan fingerprint density at radius 1 is 1.35 bits per heavy atom. The lowest BCUT2D eigenvalue weighted by Gasteiger charge is -2.04. The number of aromatic amines is 1. The highest BCUT2D eigenvalue weighted by molar-refractivity contribution is 6.58. The molecule has 0 unspecified atom stereocenters. The van der Waals surface area contributed by atoms with Crippen LogP contribution in [0, 0.1) is 0 Å². The van der Waals surface area contributed by atoms with Crippen LogP contribution < -0.4 is 11.2 Å². The number of H-pyrrole nitrogens is 1. The zero-order valence-corrected chi connectivity index (χ0v) is 8.87. The van der Waals surface area contributed by atoms with Crippen LogP contribution in [0.15, 0.2) is 35.3 Å². The minimum atomic E-state index is -1.54. The predicted octanol–water partition coefficient (Wildman–Crippen LogP) is -1.39. The Balaban J connectivity index is 2.27. The standard InChI is InChI=1S/C10H11BN2O4/c14-9-6-13(10(15)12-9)5-7-2-1-3-8(4-7)11(16)17/h1-4,6,14,16-17H,5H2,(H,12,15). The molecule has 2 rings (SSSR count). The summed E-state index contributed by atoms with van der Waals surface area (Å²) in [5.41, 5.74) is 0.671. The predicted molar refractivity (Wildman–Crippen MR) is 62.1 cm³/mol. The third kappa shape index (κ3) is 2.58. The van der Waals surface area contributed by atoms with Gasteiger partial charge in [0, 0.05) is 0 Å². The largest absolute Gasteiger partial charge is 0.493 e. The molecule has 0 aliphatic carbocycles. The second kappa shape index (κ2) is 4.48. The van der Waals surface area contributed by atoms with Crippen molar-refractivity contribution in [2.24, 2.45) is 0 Å². The van der Waals surface area contributed by atoms with Crippen molar-refractivity contribution < 1.29 is 15.2 Å². The van der Waals surface area contributed by atoms with Gasteiger partial charge in [0.05, 0.1) is 12.7 Å². The minimum Gasteiger partial charge on any atom is -0.493 e. The maximum atomic E-state index is 11.3. The minimum absolute atomic E-state index is 0.201. The van der Waals surface area contributed by atoms with Crippen molar-refractivity contribution in [1.29, 1.82) is 0 Å². The molecule has 0 radical (unpaired) electrons. The van der Waals surface area contributed by atoms with Gasteiger partial charge in [0.25, 0.3) is 0 Å². The Kier molecular flexibility index (Phi) is 3.03. The van der Waals surface area contributed by atoms with E-state index in [4.69, 9.17) is 15.2 Å². The number of imidazole rings is 1. The van der Waals surface area contributed by atoms with Crippen molar-refractivity contribution in [3.05, 3.63) is 46.5 Å². The van der Waals surface area contributed by atoms with Crippen molar-refractivity contribution in [2.75, 3.05) is 0 Å². The van der Waals surface area contributed by atoms with Crippen LogP contribution >= 0.6 is 0 Å². The molecule has 0 spiro atoms. The summed E-state index contributed by atoms with van der Waals surface area (Å²) in [4.78, 5) is 13.5. The van der Waals surface area contributed by atoms with Crippen LogP contribution in [-0.4, -0.2) is 31.8 Å². The highest BCUT2D eigenvalue weighted by atomic mass is 16.4. The summed E-state index contributed by atoms with van der Waals surface area (Å²) >= 11 is 0. The van der Waals surface area contributed by atoms with Crippen molar-refractivity contribution in [3.8, 4) is 5.88 Å². The highest BCUT2D eigenvalue weighted by Gasteiger charge is 2.11. The van der Waals surface area contributed by atoms with Gasteiger partial charge in [-0.1, -0.05) is 24.3 Å². The van der Waals surface area contributed by atoms with Gasteiger partial charge in [0.2, 0.25) is 5.88 Å². The molecule has 6 nitrogen and oxygen atoms in total. The molecule has 17 heavy (non-hydrogen) atoms. The lowest BCUT2D eigenvalue weighted by Crippen LogP contribution is -2.30. The van der Waals surface area contributed by atoms with Crippen LogP contribution in [0.5, 0.6) is 5.88 Å². The van der Waals surface area contributed by atoms with Gasteiger partial charge in [-0.3, -0.25) is 9.55 Å². The maximum absolute atomic E-state index is 11.3. The molecule has 88 valence electrons. The van der Waals surface area contributed by atoms with E-state index in [0.717, 1.165) is 5.56 Å². The Labute approximate surface area is 96.9 Å². The summed E-state index contributed by atoms with van der Waals surface area (Å²) < 4.78 is 1.29. The van der Waals surface area contributed by atoms with Crippen LogP contribution in [0.3, 0.4) is 0 Å². The van der Waals surface area contributed by atoms with Crippen molar-refractivity contribution in [3.63, 3.8) is 0 Å². The summed E-state index contributed by atoms with van der Waals surface area (Å²) in [6.45, 7) is 0.246. The smallest absolute Gasteiger partial charge is 0.488 e. The van der Waals surface area contributed by atoms with E-state index in [9.17, 15) is 4.79 Å². The van der Waals surface area contributed by atoms with Crippen LogP contribution in [0.2, 0.25) is 0 Å². The number of aromatic nitrogens is 2. The van der Waals surface area contributed by atoms with Gasteiger partial charge in [0.1, 0.15) is 0 Å². The van der Waals surface area contributed by atoms with E-state index in [2.05, 4.69) is 4.98 Å². The van der Waals surface area contributed by atoms with Gasteiger partial charge in [-0.15, -0.1) is 0 Å². The Bertz CT molecular complexity index is 576. The monoisotopic (exact) mass is 234 g/mol. The van der Waals surface area contributed by atoms with Gasteiger partial charge in [-0.25, -0.2) is 4.79 Å². The molecule has 0 atom stereocenters. The van der Waals surface area contributed by atoms with E-state index >= 15 is 0 Å². The van der Waals surface area contributed by atoms with Crippen LogP contribution in [0.1, 0.15) is 5.56 Å². The van der Waals surface area contributed by atoms with E-state index in [1.54, 1.807) is 24.3 Å². The molecule has 0 amide bonds. The molecule has 0 saturated carbocycles. The summed E-state index contributed by atoms with van der Waals surface area (Å²) in [5, 5.41) is 27.1. The van der Waals surface area contributed by atoms with Gasteiger partial charge in [-0.2, -0.15) is 0 Å². The molecule has 1 heterocycles. The fraction of sp³-hybridized carbons (Fsp3) is 0.100. The first-order valence-electron chi connectivity index (χ1n) is 4.99. The molecule has 0 aliphatic rings. The van der Waals surface area contributed by atoms with Gasteiger partial charge in [-0.05, 0) is 11.0 Å². The van der Waals surface area contributed by atoms with Crippen molar-refractivity contribution >= 4 is 12.6 Å². The zero-order valence-electron chi connectivity index (χ0n) is 8.87. The summed E-state index contributed by atoms with van der Waals surface area (Å²) in [5.74, 6) is -0.201. The fourth-order valence-corrected chi connectivity index (χ4v) is 1.59. The number of nitrogens with one attached hydrogen (secondary N) is 1. The summed E-state index contributed by atoms with van der Waals surface area (Å²) in [7, 11) is -1.54. The summed E-state index contributed by atoms with van der Waals surface area (Å²) in [6, 6.07) is 6.58. The molecule has 1 aromatic carbocycles. The van der Waals surface area contributed by atoms with Gasteiger partial charge >= 0.3 is 12.8 Å². The molecule has 1 aromatic heterocycles. The third-order valence-electron chi connectivity index (χ3n) is 2.38. The Morgan fingerprint density at radius 3 is 2.71 bits per heavy atom. The van der Waals surface area contributed by atoms with Crippen molar-refractivity contribution in [1.82, 2.24) is 9.55 Å². The molecule has 0 fully saturated rings. The number of hydrogen-bond acceptors (Lipinski definition) is 4. The van der Waals surface area contributed by atoms with E-state index in [1.165, 1.54) is 10.8 Å². The Hall–Kier alpha value is -1.99. The van der Waals surface area contributed by atoms with E-state index in [1.807, 2.05) is 0 Å². The van der Waals surface area contributed by atoms with Crippen LogP contribution in [0.25, 0.3) is 0 Å². The highest BCUT2D eigenvalue weighted by Crippen LogP contribution is 2.03. The number of aromatic hydroxyl groups is 1. The average Bonchev–Trinajstić information content (AvgIpc) is 2.58. The SMILES string of the molecule is O=c1[nH]c(O)cn1Cc1cccc(B(O)O)c1. The molecule has 0 aliphatic heterocycles. The molecule has 7 heteroatoms. The van der Waals surface area contributed by atoms with Gasteiger partial charge in [0.15, 0.2) is 0 Å². The van der Waals surface area contributed by atoms with E-state index < -0.39 is 12.8 Å². The summed E-state index contributed by atoms with van der Waals surface area (Å²) in [6.07, 6.45) is 1.28. The third-order valence-corrected chi connectivity index (χ3v) is 2.38. The number of nitrogens with zero attached hydrogens (tertiary/aromatic N) is 1. The van der Waals surface area contributed by atoms with Crippen molar-refractivity contribution in [2.45, 2.75) is 6.54 Å². The van der Waals surface area contributed by atoms with Crippen LogP contribution in [0.4, 0.5) is 0 Å². The molecule has 2 aromatic rings. The second-order valence-electron chi connectivity index (χ2n) is 3.69. The zero-order chi connectivity index (χ0) is 12.4. The molecular formula is C10H11BN2O4. The quantitative estimate of drug-likeness (QED) is 0.491. The van der Waals surface area contributed by atoms with E-state index in [0.29, 0.717) is 5.46 Å². The topological polar surface area (TPSA) is 98.5 Å². The average molecular weight is 234 g/mol. The molecule has 0 bridgehead atoms. The normalized spacial score (nSPS) is 10.5. The lowest BCUT2D eigenvalue weighted by atomic mass is 9.79. The van der Waals surface area contributed by atoms with E-state index in [-0.39, 0.29) is 12.4 Å². The second-order valence-corrected chi connectivity index (χ2v) is 3.69.